The molecule has 0 bridgehead atoms. The maximum Gasteiger partial charge on any atom is 0.573 e. The van der Waals surface area contributed by atoms with Gasteiger partial charge in [-0.05, 0) is 37.3 Å². The van der Waals surface area contributed by atoms with Crippen molar-refractivity contribution in [2.75, 3.05) is 10.6 Å². The number of benzene rings is 2. The van der Waals surface area contributed by atoms with E-state index in [0.29, 0.717) is 11.4 Å². The molecule has 0 spiro atoms. The van der Waals surface area contributed by atoms with Gasteiger partial charge < -0.3 is 15.4 Å². The average Bonchev–Trinajstić information content (AvgIpc) is 2.75. The van der Waals surface area contributed by atoms with E-state index in [-0.39, 0.29) is 11.3 Å². The summed E-state index contributed by atoms with van der Waals surface area (Å²) in [5, 5.41) is 3.82. The number of hydrogen-bond acceptors (Lipinski definition) is 4. The Bertz CT molecular complexity index is 1100. The normalized spacial score (nSPS) is 12.0. The lowest BCUT2D eigenvalue weighted by atomic mass is 10.1. The van der Waals surface area contributed by atoms with E-state index in [0.717, 1.165) is 23.8 Å². The number of aromatic nitrogens is 1. The first-order valence-corrected chi connectivity index (χ1v) is 9.73. The van der Waals surface area contributed by atoms with Crippen LogP contribution in [0.2, 0.25) is 0 Å². The van der Waals surface area contributed by atoms with Gasteiger partial charge in [0.25, 0.3) is 5.91 Å². The van der Waals surface area contributed by atoms with Crippen molar-refractivity contribution in [3.8, 4) is 17.0 Å². The number of ether oxygens (including phenoxy) is 1. The van der Waals surface area contributed by atoms with Crippen LogP contribution in [0.5, 0.6) is 5.75 Å². The van der Waals surface area contributed by atoms with Gasteiger partial charge in [0, 0.05) is 11.1 Å². The molecule has 0 saturated carbocycles. The SMILES string of the molecule is CC(Cl)C(=O)Nc1cc(C(=O)Nc2ccc(-c3ccccc3)nc2)ccc1OC(F)(F)F. The maximum absolute atomic E-state index is 12.7. The molecule has 2 N–H and O–H groups in total. The lowest BCUT2D eigenvalue weighted by Gasteiger charge is -2.16. The van der Waals surface area contributed by atoms with Gasteiger partial charge in [0.05, 0.1) is 23.3 Å². The number of rotatable bonds is 6. The van der Waals surface area contributed by atoms with E-state index in [2.05, 4.69) is 20.4 Å². The van der Waals surface area contributed by atoms with Crippen LogP contribution in [0.4, 0.5) is 24.5 Å². The van der Waals surface area contributed by atoms with Crippen LogP contribution in [0.15, 0.2) is 66.9 Å². The third kappa shape index (κ3) is 6.21. The second-order valence-electron chi connectivity index (χ2n) is 6.62. The molecular formula is C22H17ClF3N3O3. The Morgan fingerprint density at radius 1 is 1.03 bits per heavy atom. The molecule has 1 heterocycles. The highest BCUT2D eigenvalue weighted by Crippen LogP contribution is 2.32. The molecule has 2 amide bonds. The number of carbonyl (C=O) groups excluding carboxylic acids is 2. The molecule has 166 valence electrons. The molecule has 1 atom stereocenters. The molecule has 3 rings (SSSR count). The van der Waals surface area contributed by atoms with Gasteiger partial charge >= 0.3 is 6.36 Å². The van der Waals surface area contributed by atoms with E-state index < -0.39 is 29.3 Å². The summed E-state index contributed by atoms with van der Waals surface area (Å²) in [6.07, 6.45) is -3.53. The van der Waals surface area contributed by atoms with E-state index in [9.17, 15) is 22.8 Å². The van der Waals surface area contributed by atoms with Gasteiger partial charge in [0.1, 0.15) is 5.38 Å². The molecular weight excluding hydrogens is 447 g/mol. The van der Waals surface area contributed by atoms with Crippen LogP contribution in [0.3, 0.4) is 0 Å². The summed E-state index contributed by atoms with van der Waals surface area (Å²) in [6.45, 7) is 1.35. The van der Waals surface area contributed by atoms with Crippen molar-refractivity contribution in [2.45, 2.75) is 18.7 Å². The fourth-order valence-corrected chi connectivity index (χ4v) is 2.72. The second-order valence-corrected chi connectivity index (χ2v) is 7.27. The quantitative estimate of drug-likeness (QED) is 0.475. The maximum atomic E-state index is 12.7. The van der Waals surface area contributed by atoms with Gasteiger partial charge in [0.2, 0.25) is 5.91 Å². The molecule has 6 nitrogen and oxygen atoms in total. The summed E-state index contributed by atoms with van der Waals surface area (Å²) in [4.78, 5) is 28.8. The van der Waals surface area contributed by atoms with E-state index in [1.54, 1.807) is 12.1 Å². The minimum atomic E-state index is -4.98. The Hall–Kier alpha value is -3.59. The van der Waals surface area contributed by atoms with Crippen LogP contribution in [0.1, 0.15) is 17.3 Å². The largest absolute Gasteiger partial charge is 0.573 e. The lowest BCUT2D eigenvalue weighted by Crippen LogP contribution is -2.23. The minimum absolute atomic E-state index is 0.0100. The zero-order valence-electron chi connectivity index (χ0n) is 16.6. The van der Waals surface area contributed by atoms with Crippen LogP contribution in [-0.4, -0.2) is 28.5 Å². The molecule has 0 aliphatic carbocycles. The smallest absolute Gasteiger partial charge is 0.404 e. The molecule has 1 unspecified atom stereocenters. The Kier molecular flexibility index (Phi) is 6.99. The van der Waals surface area contributed by atoms with Gasteiger partial charge in [-0.15, -0.1) is 24.8 Å². The predicted octanol–water partition coefficient (Wildman–Crippen LogP) is 5.47. The zero-order chi connectivity index (χ0) is 23.3. The molecule has 0 saturated heterocycles. The monoisotopic (exact) mass is 463 g/mol. The standard InChI is InChI=1S/C22H17ClF3N3O3/c1-13(23)20(30)29-18-11-15(7-10-19(18)32-22(24,25)26)21(31)28-16-8-9-17(27-12-16)14-5-3-2-4-6-14/h2-13H,1H3,(H,28,31)(H,29,30). The molecule has 1 aromatic heterocycles. The van der Waals surface area contributed by atoms with E-state index >= 15 is 0 Å². The number of halogens is 4. The molecule has 10 heteroatoms. The second kappa shape index (κ2) is 9.69. The number of nitrogens with one attached hydrogen (secondary N) is 2. The van der Waals surface area contributed by atoms with Gasteiger partial charge in [-0.2, -0.15) is 0 Å². The van der Waals surface area contributed by atoms with Crippen LogP contribution < -0.4 is 15.4 Å². The van der Waals surface area contributed by atoms with Crippen molar-refractivity contribution >= 4 is 34.8 Å². The van der Waals surface area contributed by atoms with Gasteiger partial charge in [-0.1, -0.05) is 30.3 Å². The summed E-state index contributed by atoms with van der Waals surface area (Å²) in [5.41, 5.74) is 1.64. The van der Waals surface area contributed by atoms with Crippen LogP contribution in [0.25, 0.3) is 11.3 Å². The highest BCUT2D eigenvalue weighted by Gasteiger charge is 2.32. The summed E-state index contributed by atoms with van der Waals surface area (Å²) >= 11 is 5.67. The van der Waals surface area contributed by atoms with Crippen molar-refractivity contribution in [3.05, 3.63) is 72.4 Å². The fourth-order valence-electron chi connectivity index (χ4n) is 2.67. The topological polar surface area (TPSA) is 80.3 Å². The highest BCUT2D eigenvalue weighted by molar-refractivity contribution is 6.32. The lowest BCUT2D eigenvalue weighted by molar-refractivity contribution is -0.274. The Labute approximate surface area is 186 Å². The van der Waals surface area contributed by atoms with Crippen molar-refractivity contribution in [3.63, 3.8) is 0 Å². The van der Waals surface area contributed by atoms with Crippen LogP contribution in [0, 0.1) is 0 Å². The average molecular weight is 464 g/mol. The number of hydrogen-bond donors (Lipinski definition) is 2. The van der Waals surface area contributed by atoms with Gasteiger partial charge in [-0.3, -0.25) is 14.6 Å². The summed E-state index contributed by atoms with van der Waals surface area (Å²) in [5.74, 6) is -2.04. The third-order valence-electron chi connectivity index (χ3n) is 4.18. The highest BCUT2D eigenvalue weighted by atomic mass is 35.5. The number of amides is 2. The van der Waals surface area contributed by atoms with Gasteiger partial charge in [0.15, 0.2) is 5.75 Å². The molecule has 2 aromatic carbocycles. The Morgan fingerprint density at radius 3 is 2.34 bits per heavy atom. The molecule has 3 aromatic rings. The van der Waals surface area contributed by atoms with Gasteiger partial charge in [-0.25, -0.2) is 0 Å². The molecule has 0 fully saturated rings. The number of anilines is 2. The van der Waals surface area contributed by atoms with Crippen molar-refractivity contribution in [1.29, 1.82) is 0 Å². The fraction of sp³-hybridized carbons (Fsp3) is 0.136. The van der Waals surface area contributed by atoms with Crippen molar-refractivity contribution in [1.82, 2.24) is 4.98 Å². The minimum Gasteiger partial charge on any atom is -0.404 e. The molecule has 0 aliphatic rings. The van der Waals surface area contributed by atoms with E-state index in [4.69, 9.17) is 11.6 Å². The molecule has 32 heavy (non-hydrogen) atoms. The number of carbonyl (C=O) groups is 2. The predicted molar refractivity (Wildman–Crippen MR) is 115 cm³/mol. The first-order valence-electron chi connectivity index (χ1n) is 9.30. The van der Waals surface area contributed by atoms with Crippen molar-refractivity contribution in [2.24, 2.45) is 0 Å². The Morgan fingerprint density at radius 2 is 1.75 bits per heavy atom. The van der Waals surface area contributed by atoms with E-state index in [1.807, 2.05) is 30.3 Å². The number of pyridine rings is 1. The Balaban J connectivity index is 1.80. The van der Waals surface area contributed by atoms with Crippen molar-refractivity contribution < 1.29 is 27.5 Å². The zero-order valence-corrected chi connectivity index (χ0v) is 17.4. The third-order valence-corrected chi connectivity index (χ3v) is 4.38. The number of alkyl halides is 4. The number of nitrogens with zero attached hydrogens (tertiary/aromatic N) is 1. The van der Waals surface area contributed by atoms with E-state index in [1.165, 1.54) is 13.1 Å². The summed E-state index contributed by atoms with van der Waals surface area (Å²) in [6, 6.07) is 15.9. The summed E-state index contributed by atoms with van der Waals surface area (Å²) in [7, 11) is 0. The summed E-state index contributed by atoms with van der Waals surface area (Å²) < 4.78 is 41.9. The van der Waals surface area contributed by atoms with Crippen LogP contribution in [-0.2, 0) is 4.79 Å². The molecule has 0 radical (unpaired) electrons. The molecule has 0 aliphatic heterocycles. The van der Waals surface area contributed by atoms with Crippen LogP contribution >= 0.6 is 11.6 Å². The first kappa shape index (κ1) is 23.1. The first-order chi connectivity index (χ1) is 15.1.